The Kier molecular flexibility index (Phi) is 3.08. The van der Waals surface area contributed by atoms with E-state index in [2.05, 4.69) is 39.9 Å². The molecule has 2 aliphatic rings. The Morgan fingerprint density at radius 3 is 2.60 bits per heavy atom. The molecule has 104 valence electrons. The van der Waals surface area contributed by atoms with Crippen LogP contribution in [-0.4, -0.2) is 16.0 Å². The van der Waals surface area contributed by atoms with Gasteiger partial charge in [-0.25, -0.2) is 0 Å². The van der Waals surface area contributed by atoms with Gasteiger partial charge < -0.3 is 4.57 Å². The summed E-state index contributed by atoms with van der Waals surface area (Å²) in [6, 6.07) is 14.1. The first-order chi connectivity index (χ1) is 9.83. The van der Waals surface area contributed by atoms with Gasteiger partial charge in [-0.2, -0.15) is 0 Å². The maximum atomic E-state index is 6.02. The second kappa shape index (κ2) is 4.94. The van der Waals surface area contributed by atoms with Gasteiger partial charge in [-0.3, -0.25) is 4.90 Å². The van der Waals surface area contributed by atoms with Crippen LogP contribution >= 0.6 is 11.6 Å². The van der Waals surface area contributed by atoms with E-state index in [0.29, 0.717) is 12.1 Å². The van der Waals surface area contributed by atoms with Crippen LogP contribution in [0.5, 0.6) is 0 Å². The fourth-order valence-corrected chi connectivity index (χ4v) is 4.01. The van der Waals surface area contributed by atoms with Crippen molar-refractivity contribution in [2.24, 2.45) is 0 Å². The van der Waals surface area contributed by atoms with E-state index in [4.69, 9.17) is 11.6 Å². The van der Waals surface area contributed by atoms with Gasteiger partial charge in [-0.05, 0) is 49.1 Å². The first kappa shape index (κ1) is 12.5. The Morgan fingerprint density at radius 2 is 1.75 bits per heavy atom. The monoisotopic (exact) mass is 286 g/mol. The van der Waals surface area contributed by atoms with E-state index in [-0.39, 0.29) is 0 Å². The van der Waals surface area contributed by atoms with Gasteiger partial charge in [0.1, 0.15) is 0 Å². The quantitative estimate of drug-likeness (QED) is 0.753. The predicted octanol–water partition coefficient (Wildman–Crippen LogP) is 4.42. The highest BCUT2D eigenvalue weighted by molar-refractivity contribution is 6.30. The molecule has 1 saturated heterocycles. The zero-order valence-electron chi connectivity index (χ0n) is 11.5. The Hall–Kier alpha value is -1.25. The second-order valence-corrected chi connectivity index (χ2v) is 6.31. The van der Waals surface area contributed by atoms with E-state index in [1.165, 1.54) is 30.5 Å². The lowest BCUT2D eigenvalue weighted by atomic mass is 9.88. The number of hydrogen-bond donors (Lipinski definition) is 0. The number of nitrogens with zero attached hydrogens (tertiary/aromatic N) is 2. The molecule has 1 aromatic carbocycles. The van der Waals surface area contributed by atoms with Gasteiger partial charge in [-0.15, -0.1) is 0 Å². The number of fused-ring (bicyclic) bond motifs is 3. The third-order valence-corrected chi connectivity index (χ3v) is 5.07. The van der Waals surface area contributed by atoms with Gasteiger partial charge in [0.05, 0.1) is 6.04 Å². The molecule has 1 fully saturated rings. The third kappa shape index (κ3) is 1.99. The van der Waals surface area contributed by atoms with Gasteiger partial charge >= 0.3 is 0 Å². The van der Waals surface area contributed by atoms with Gasteiger partial charge in [0.2, 0.25) is 0 Å². The van der Waals surface area contributed by atoms with Crippen molar-refractivity contribution < 1.29 is 0 Å². The topological polar surface area (TPSA) is 8.17 Å². The van der Waals surface area contributed by atoms with Crippen molar-refractivity contribution in [3.63, 3.8) is 0 Å². The highest BCUT2D eigenvalue weighted by Gasteiger charge is 2.35. The summed E-state index contributed by atoms with van der Waals surface area (Å²) >= 11 is 6.02. The number of aromatic nitrogens is 1. The molecule has 0 aliphatic carbocycles. The van der Waals surface area contributed by atoms with E-state index in [1.54, 1.807) is 0 Å². The Balaban J connectivity index is 1.68. The summed E-state index contributed by atoms with van der Waals surface area (Å²) in [5.74, 6) is 0. The van der Waals surface area contributed by atoms with E-state index in [1.807, 2.05) is 12.1 Å². The zero-order chi connectivity index (χ0) is 13.5. The average molecular weight is 287 g/mol. The van der Waals surface area contributed by atoms with Crippen LogP contribution in [0.25, 0.3) is 0 Å². The van der Waals surface area contributed by atoms with E-state index < -0.39 is 0 Å². The number of rotatable bonds is 1. The highest BCUT2D eigenvalue weighted by Crippen LogP contribution is 2.43. The normalized spacial score (nSPS) is 26.1. The molecule has 2 nitrogen and oxygen atoms in total. The van der Waals surface area contributed by atoms with Crippen LogP contribution in [0.2, 0.25) is 5.02 Å². The minimum Gasteiger partial charge on any atom is -0.349 e. The smallest absolute Gasteiger partial charge is 0.0507 e. The summed E-state index contributed by atoms with van der Waals surface area (Å²) in [5, 5.41) is 0.827. The highest BCUT2D eigenvalue weighted by atomic mass is 35.5. The standard InChI is InChI=1S/C17H19ClN2/c18-14-8-6-13(7-9-14)15-3-1-4-17-16-5-2-10-19(16)11-12-20(15)17/h2,5-10,15,17H,1,3-4,11-12H2. The fourth-order valence-electron chi connectivity index (χ4n) is 3.88. The molecule has 0 bridgehead atoms. The van der Waals surface area contributed by atoms with Gasteiger partial charge in [0.15, 0.2) is 0 Å². The second-order valence-electron chi connectivity index (χ2n) is 5.88. The van der Waals surface area contributed by atoms with Crippen molar-refractivity contribution >= 4 is 11.6 Å². The first-order valence-corrected chi connectivity index (χ1v) is 7.87. The van der Waals surface area contributed by atoms with Crippen molar-refractivity contribution in [1.82, 2.24) is 9.47 Å². The molecule has 3 heterocycles. The maximum absolute atomic E-state index is 6.02. The fraction of sp³-hybridized carbons (Fsp3) is 0.412. The van der Waals surface area contributed by atoms with E-state index >= 15 is 0 Å². The summed E-state index contributed by atoms with van der Waals surface area (Å²) in [4.78, 5) is 2.70. The molecule has 2 aliphatic heterocycles. The predicted molar refractivity (Wildman–Crippen MR) is 81.9 cm³/mol. The van der Waals surface area contributed by atoms with Crippen molar-refractivity contribution in [1.29, 1.82) is 0 Å². The van der Waals surface area contributed by atoms with Crippen molar-refractivity contribution in [3.05, 3.63) is 58.9 Å². The van der Waals surface area contributed by atoms with Crippen LogP contribution in [0.4, 0.5) is 0 Å². The summed E-state index contributed by atoms with van der Waals surface area (Å²) in [6.45, 7) is 2.27. The maximum Gasteiger partial charge on any atom is 0.0507 e. The molecule has 2 unspecified atom stereocenters. The van der Waals surface area contributed by atoms with Crippen LogP contribution in [0, 0.1) is 0 Å². The van der Waals surface area contributed by atoms with Crippen molar-refractivity contribution in [3.8, 4) is 0 Å². The zero-order valence-corrected chi connectivity index (χ0v) is 12.3. The molecule has 3 heteroatoms. The molecule has 0 amide bonds. The molecule has 2 atom stereocenters. The number of halogens is 1. The lowest BCUT2D eigenvalue weighted by Gasteiger charge is -2.45. The first-order valence-electron chi connectivity index (χ1n) is 7.49. The number of benzene rings is 1. The van der Waals surface area contributed by atoms with Gasteiger partial charge in [-0.1, -0.05) is 23.7 Å². The number of hydrogen-bond acceptors (Lipinski definition) is 1. The number of piperidine rings is 1. The Morgan fingerprint density at radius 1 is 0.950 bits per heavy atom. The molecule has 2 aromatic rings. The minimum atomic E-state index is 0.551. The van der Waals surface area contributed by atoms with Crippen LogP contribution in [-0.2, 0) is 6.54 Å². The minimum absolute atomic E-state index is 0.551. The molecule has 0 radical (unpaired) electrons. The van der Waals surface area contributed by atoms with Crippen LogP contribution in [0.3, 0.4) is 0 Å². The van der Waals surface area contributed by atoms with Crippen LogP contribution in [0.1, 0.15) is 42.6 Å². The van der Waals surface area contributed by atoms with Gasteiger partial charge in [0.25, 0.3) is 0 Å². The molecule has 4 rings (SSSR count). The van der Waals surface area contributed by atoms with Crippen LogP contribution < -0.4 is 0 Å². The average Bonchev–Trinajstić information content (AvgIpc) is 2.96. The molecule has 0 spiro atoms. The Bertz CT molecular complexity index is 602. The summed E-state index contributed by atoms with van der Waals surface area (Å²) < 4.78 is 2.42. The summed E-state index contributed by atoms with van der Waals surface area (Å²) in [6.07, 6.45) is 6.07. The summed E-state index contributed by atoms with van der Waals surface area (Å²) in [5.41, 5.74) is 2.91. The molecule has 0 N–H and O–H groups in total. The molecular weight excluding hydrogens is 268 g/mol. The lowest BCUT2D eigenvalue weighted by molar-refractivity contribution is 0.0562. The Labute approximate surface area is 125 Å². The van der Waals surface area contributed by atoms with Crippen molar-refractivity contribution in [2.45, 2.75) is 37.9 Å². The SMILES string of the molecule is Clc1ccc(C2CCCC3c4cccn4CCN23)cc1. The molecule has 1 aromatic heterocycles. The summed E-state index contributed by atoms with van der Waals surface area (Å²) in [7, 11) is 0. The third-order valence-electron chi connectivity index (χ3n) is 4.82. The van der Waals surface area contributed by atoms with E-state index in [9.17, 15) is 0 Å². The molecule has 20 heavy (non-hydrogen) atoms. The van der Waals surface area contributed by atoms with E-state index in [0.717, 1.165) is 18.1 Å². The van der Waals surface area contributed by atoms with Crippen LogP contribution in [0.15, 0.2) is 42.6 Å². The van der Waals surface area contributed by atoms with Gasteiger partial charge in [0, 0.05) is 36.0 Å². The molecule has 0 saturated carbocycles. The van der Waals surface area contributed by atoms with Crippen molar-refractivity contribution in [2.75, 3.05) is 6.54 Å². The molecular formula is C17H19ClN2. The largest absolute Gasteiger partial charge is 0.349 e. The lowest BCUT2D eigenvalue weighted by Crippen LogP contribution is -2.42.